The summed E-state index contributed by atoms with van der Waals surface area (Å²) in [6.07, 6.45) is 2.95. The van der Waals surface area contributed by atoms with Crippen LogP contribution in [0, 0.1) is 5.92 Å². The zero-order chi connectivity index (χ0) is 13.6. The molecular weight excluding hydrogens is 228 g/mol. The number of rotatable bonds is 6. The number of nitrogens with one attached hydrogen (secondary N) is 2. The minimum absolute atomic E-state index is 0.00869. The quantitative estimate of drug-likeness (QED) is 0.760. The smallest absolute Gasteiger partial charge is 0.249 e. The molecule has 0 saturated carbocycles. The largest absolute Gasteiger partial charge is 0.368 e. The van der Waals surface area contributed by atoms with Crippen LogP contribution in [0.4, 0.5) is 0 Å². The molecular formula is C14H28N2O2. The summed E-state index contributed by atoms with van der Waals surface area (Å²) in [5.41, 5.74) is -0.152. The van der Waals surface area contributed by atoms with Crippen molar-refractivity contribution in [2.75, 3.05) is 19.7 Å². The number of hydrogen-bond acceptors (Lipinski definition) is 3. The molecule has 0 aromatic rings. The highest BCUT2D eigenvalue weighted by molar-refractivity contribution is 5.81. The van der Waals surface area contributed by atoms with Crippen LogP contribution in [0.1, 0.15) is 47.0 Å². The fourth-order valence-electron chi connectivity index (χ4n) is 1.95. The molecule has 2 N–H and O–H groups in total. The molecule has 106 valence electrons. The summed E-state index contributed by atoms with van der Waals surface area (Å²) in [4.78, 5) is 11.9. The van der Waals surface area contributed by atoms with E-state index in [1.807, 2.05) is 20.8 Å². The van der Waals surface area contributed by atoms with Crippen LogP contribution in [-0.2, 0) is 9.53 Å². The van der Waals surface area contributed by atoms with Gasteiger partial charge in [-0.15, -0.1) is 0 Å². The second-order valence-corrected chi connectivity index (χ2v) is 5.91. The van der Waals surface area contributed by atoms with Crippen LogP contribution in [0.25, 0.3) is 0 Å². The van der Waals surface area contributed by atoms with Gasteiger partial charge >= 0.3 is 0 Å². The van der Waals surface area contributed by atoms with Crippen LogP contribution < -0.4 is 10.6 Å². The first-order valence-electron chi connectivity index (χ1n) is 7.09. The van der Waals surface area contributed by atoms with Gasteiger partial charge in [0, 0.05) is 12.1 Å². The van der Waals surface area contributed by atoms with Gasteiger partial charge in [-0.25, -0.2) is 0 Å². The molecule has 1 fully saturated rings. The van der Waals surface area contributed by atoms with Crippen LogP contribution in [0.5, 0.6) is 0 Å². The van der Waals surface area contributed by atoms with E-state index in [-0.39, 0.29) is 17.6 Å². The Morgan fingerprint density at radius 1 is 1.56 bits per heavy atom. The highest BCUT2D eigenvalue weighted by atomic mass is 16.5. The van der Waals surface area contributed by atoms with Gasteiger partial charge in [-0.05, 0) is 52.5 Å². The zero-order valence-electron chi connectivity index (χ0n) is 12.2. The maximum absolute atomic E-state index is 11.9. The van der Waals surface area contributed by atoms with Gasteiger partial charge in [0.25, 0.3) is 0 Å². The van der Waals surface area contributed by atoms with E-state index < -0.39 is 0 Å². The Kier molecular flexibility index (Phi) is 6.09. The molecule has 0 radical (unpaired) electrons. The standard InChI is InChI=1S/C14H28N2O2/c1-5-14(3,4)16-13(17)11(2)18-10-12-7-6-8-15-9-12/h11-12,15H,5-10H2,1-4H3,(H,16,17). The molecule has 0 aliphatic carbocycles. The third kappa shape index (κ3) is 5.36. The Balaban J connectivity index is 2.26. The van der Waals surface area contributed by atoms with Gasteiger partial charge in [-0.3, -0.25) is 4.79 Å². The van der Waals surface area contributed by atoms with Gasteiger partial charge in [0.2, 0.25) is 5.91 Å². The minimum atomic E-state index is -0.363. The van der Waals surface area contributed by atoms with Crippen molar-refractivity contribution in [3.63, 3.8) is 0 Å². The highest BCUT2D eigenvalue weighted by Crippen LogP contribution is 2.12. The Morgan fingerprint density at radius 2 is 2.28 bits per heavy atom. The van der Waals surface area contributed by atoms with Crippen molar-refractivity contribution in [3.8, 4) is 0 Å². The first-order chi connectivity index (χ1) is 8.44. The second kappa shape index (κ2) is 7.10. The number of carbonyl (C=O) groups is 1. The van der Waals surface area contributed by atoms with Gasteiger partial charge in [0.05, 0.1) is 6.61 Å². The van der Waals surface area contributed by atoms with Crippen molar-refractivity contribution in [3.05, 3.63) is 0 Å². The molecule has 1 amide bonds. The SMILES string of the molecule is CCC(C)(C)NC(=O)C(C)OCC1CCCNC1. The molecule has 4 heteroatoms. The lowest BCUT2D eigenvalue weighted by atomic mass is 10.0. The summed E-state index contributed by atoms with van der Waals surface area (Å²) in [5, 5.41) is 6.37. The molecule has 1 aliphatic heterocycles. The van der Waals surface area contributed by atoms with Crippen molar-refractivity contribution in [1.82, 2.24) is 10.6 Å². The van der Waals surface area contributed by atoms with Crippen LogP contribution >= 0.6 is 0 Å². The molecule has 4 nitrogen and oxygen atoms in total. The number of hydrogen-bond donors (Lipinski definition) is 2. The van der Waals surface area contributed by atoms with Gasteiger partial charge in [0.15, 0.2) is 0 Å². The third-order valence-electron chi connectivity index (χ3n) is 3.70. The summed E-state index contributed by atoms with van der Waals surface area (Å²) in [7, 11) is 0. The molecule has 18 heavy (non-hydrogen) atoms. The van der Waals surface area contributed by atoms with Crippen molar-refractivity contribution in [2.45, 2.75) is 58.6 Å². The summed E-state index contributed by atoms with van der Waals surface area (Å²) in [6, 6.07) is 0. The van der Waals surface area contributed by atoms with E-state index in [4.69, 9.17) is 4.74 Å². The van der Waals surface area contributed by atoms with Crippen LogP contribution in [0.3, 0.4) is 0 Å². The second-order valence-electron chi connectivity index (χ2n) is 5.91. The van der Waals surface area contributed by atoms with E-state index in [1.54, 1.807) is 0 Å². The van der Waals surface area contributed by atoms with Gasteiger partial charge in [-0.2, -0.15) is 0 Å². The molecule has 0 spiro atoms. The fraction of sp³-hybridized carbons (Fsp3) is 0.929. The van der Waals surface area contributed by atoms with Crippen molar-refractivity contribution in [2.24, 2.45) is 5.92 Å². The van der Waals surface area contributed by atoms with Gasteiger partial charge in [0.1, 0.15) is 6.10 Å². The maximum Gasteiger partial charge on any atom is 0.249 e. The topological polar surface area (TPSA) is 50.4 Å². The molecule has 1 aliphatic rings. The van der Waals surface area contributed by atoms with E-state index in [1.165, 1.54) is 12.8 Å². The molecule has 1 heterocycles. The number of amides is 1. The first kappa shape index (κ1) is 15.4. The van der Waals surface area contributed by atoms with E-state index in [0.717, 1.165) is 19.5 Å². The highest BCUT2D eigenvalue weighted by Gasteiger charge is 2.23. The number of carbonyl (C=O) groups excluding carboxylic acids is 1. The Morgan fingerprint density at radius 3 is 2.83 bits per heavy atom. The molecule has 0 aromatic carbocycles. The summed E-state index contributed by atoms with van der Waals surface area (Å²) < 4.78 is 5.68. The zero-order valence-corrected chi connectivity index (χ0v) is 12.2. The van der Waals surface area contributed by atoms with Crippen molar-refractivity contribution >= 4 is 5.91 Å². The average molecular weight is 256 g/mol. The lowest BCUT2D eigenvalue weighted by molar-refractivity contribution is -0.134. The van der Waals surface area contributed by atoms with Crippen molar-refractivity contribution < 1.29 is 9.53 Å². The Bertz CT molecular complexity index is 261. The summed E-state index contributed by atoms with van der Waals surface area (Å²) >= 11 is 0. The molecule has 0 aromatic heterocycles. The predicted octanol–water partition coefficient (Wildman–Crippen LogP) is 1.70. The molecule has 1 rings (SSSR count). The minimum Gasteiger partial charge on any atom is -0.368 e. The van der Waals surface area contributed by atoms with E-state index >= 15 is 0 Å². The van der Waals surface area contributed by atoms with E-state index in [2.05, 4.69) is 17.6 Å². The number of piperidine rings is 1. The van der Waals surface area contributed by atoms with Crippen LogP contribution in [0.15, 0.2) is 0 Å². The summed E-state index contributed by atoms with van der Waals surface area (Å²) in [6.45, 7) is 10.8. The number of ether oxygens (including phenoxy) is 1. The lowest BCUT2D eigenvalue weighted by Crippen LogP contribution is -2.47. The van der Waals surface area contributed by atoms with Gasteiger partial charge in [-0.1, -0.05) is 6.92 Å². The monoisotopic (exact) mass is 256 g/mol. The molecule has 0 bridgehead atoms. The first-order valence-corrected chi connectivity index (χ1v) is 7.09. The van der Waals surface area contributed by atoms with E-state index in [9.17, 15) is 4.79 Å². The summed E-state index contributed by atoms with van der Waals surface area (Å²) in [5.74, 6) is 0.541. The average Bonchev–Trinajstić information content (AvgIpc) is 2.36. The Labute approximate surface area is 111 Å². The molecule has 1 saturated heterocycles. The predicted molar refractivity (Wildman–Crippen MR) is 73.5 cm³/mol. The third-order valence-corrected chi connectivity index (χ3v) is 3.70. The van der Waals surface area contributed by atoms with Gasteiger partial charge < -0.3 is 15.4 Å². The van der Waals surface area contributed by atoms with Crippen LogP contribution in [-0.4, -0.2) is 37.2 Å². The lowest BCUT2D eigenvalue weighted by Gasteiger charge is -2.28. The van der Waals surface area contributed by atoms with E-state index in [0.29, 0.717) is 12.5 Å². The molecule has 2 unspecified atom stereocenters. The Hall–Kier alpha value is -0.610. The molecule has 2 atom stereocenters. The van der Waals surface area contributed by atoms with Crippen LogP contribution in [0.2, 0.25) is 0 Å². The maximum atomic E-state index is 11.9. The normalized spacial score (nSPS) is 22.6. The fourth-order valence-corrected chi connectivity index (χ4v) is 1.95. The van der Waals surface area contributed by atoms with Crippen molar-refractivity contribution in [1.29, 1.82) is 0 Å².